The zero-order valence-corrected chi connectivity index (χ0v) is 19.5. The molecule has 5 rings (SSSR count). The van der Waals surface area contributed by atoms with Gasteiger partial charge in [0, 0.05) is 11.6 Å². The average molecular weight is 454 g/mol. The molecule has 166 valence electrons. The van der Waals surface area contributed by atoms with Crippen LogP contribution in [0.3, 0.4) is 0 Å². The summed E-state index contributed by atoms with van der Waals surface area (Å²) >= 11 is 0. The van der Waals surface area contributed by atoms with Crippen LogP contribution < -0.4 is 4.72 Å². The minimum Gasteiger partial charge on any atom is -0.284 e. The van der Waals surface area contributed by atoms with Gasteiger partial charge in [-0.25, -0.2) is 8.42 Å². The Morgan fingerprint density at radius 3 is 2.27 bits per heavy atom. The SMILES string of the molecule is CS(=O)(=O)Nc1cccc(C[C@@H]2c3ccccc3CCc3cc(-c4ccccc4)ccc32)c1. The minimum absolute atomic E-state index is 0.219. The van der Waals surface area contributed by atoms with Crippen molar-refractivity contribution in [2.24, 2.45) is 0 Å². The molecule has 0 amide bonds. The number of rotatable bonds is 5. The third-order valence-electron chi connectivity index (χ3n) is 6.39. The van der Waals surface area contributed by atoms with Gasteiger partial charge in [-0.3, -0.25) is 4.72 Å². The second-order valence-electron chi connectivity index (χ2n) is 8.81. The molecule has 0 saturated carbocycles. The van der Waals surface area contributed by atoms with E-state index in [1.807, 2.05) is 18.2 Å². The van der Waals surface area contributed by atoms with Crippen molar-refractivity contribution in [3.8, 4) is 11.1 Å². The highest BCUT2D eigenvalue weighted by molar-refractivity contribution is 7.92. The Morgan fingerprint density at radius 2 is 1.45 bits per heavy atom. The molecule has 1 aliphatic rings. The lowest BCUT2D eigenvalue weighted by molar-refractivity contribution is 0.607. The lowest BCUT2D eigenvalue weighted by Gasteiger charge is -2.22. The lowest BCUT2D eigenvalue weighted by atomic mass is 9.83. The van der Waals surface area contributed by atoms with Crippen molar-refractivity contribution >= 4 is 15.7 Å². The van der Waals surface area contributed by atoms with Gasteiger partial charge in [0.2, 0.25) is 10.0 Å². The fraction of sp³-hybridized carbons (Fsp3) is 0.172. The monoisotopic (exact) mass is 453 g/mol. The number of anilines is 1. The Bertz CT molecular complexity index is 1390. The Balaban J connectivity index is 1.56. The van der Waals surface area contributed by atoms with Crippen molar-refractivity contribution < 1.29 is 8.42 Å². The molecule has 0 heterocycles. The Hall–Kier alpha value is -3.37. The van der Waals surface area contributed by atoms with Crippen molar-refractivity contribution in [3.63, 3.8) is 0 Å². The van der Waals surface area contributed by atoms with E-state index in [0.717, 1.165) is 24.8 Å². The number of hydrogen-bond acceptors (Lipinski definition) is 2. The summed E-state index contributed by atoms with van der Waals surface area (Å²) in [7, 11) is -3.31. The summed E-state index contributed by atoms with van der Waals surface area (Å²) in [5.41, 5.74) is 9.72. The first-order valence-electron chi connectivity index (χ1n) is 11.3. The van der Waals surface area contributed by atoms with E-state index in [-0.39, 0.29) is 5.92 Å². The van der Waals surface area contributed by atoms with Gasteiger partial charge >= 0.3 is 0 Å². The Labute approximate surface area is 196 Å². The molecule has 0 unspecified atom stereocenters. The van der Waals surface area contributed by atoms with E-state index in [0.29, 0.717) is 5.69 Å². The average Bonchev–Trinajstić information content (AvgIpc) is 2.96. The molecule has 0 spiro atoms. The number of fused-ring (bicyclic) bond motifs is 2. The van der Waals surface area contributed by atoms with Crippen LogP contribution in [0.15, 0.2) is 97.1 Å². The molecule has 3 nitrogen and oxygen atoms in total. The summed E-state index contributed by atoms with van der Waals surface area (Å²) in [4.78, 5) is 0. The number of aryl methyl sites for hydroxylation is 2. The van der Waals surface area contributed by atoms with Gasteiger partial charge in [0.1, 0.15) is 0 Å². The van der Waals surface area contributed by atoms with Crippen molar-refractivity contribution in [2.45, 2.75) is 25.2 Å². The minimum atomic E-state index is -3.31. The van der Waals surface area contributed by atoms with Crippen LogP contribution >= 0.6 is 0 Å². The van der Waals surface area contributed by atoms with E-state index in [1.54, 1.807) is 6.07 Å². The Morgan fingerprint density at radius 1 is 0.727 bits per heavy atom. The first-order chi connectivity index (χ1) is 16.0. The molecule has 4 aromatic rings. The smallest absolute Gasteiger partial charge is 0.229 e. The topological polar surface area (TPSA) is 46.2 Å². The molecule has 4 aromatic carbocycles. The second kappa shape index (κ2) is 8.87. The van der Waals surface area contributed by atoms with E-state index in [4.69, 9.17) is 0 Å². The maximum absolute atomic E-state index is 11.7. The lowest BCUT2D eigenvalue weighted by Crippen LogP contribution is -2.11. The van der Waals surface area contributed by atoms with Crippen LogP contribution in [0.5, 0.6) is 0 Å². The van der Waals surface area contributed by atoms with Gasteiger partial charge in [0.25, 0.3) is 0 Å². The number of nitrogens with one attached hydrogen (secondary N) is 1. The molecule has 0 saturated heterocycles. The van der Waals surface area contributed by atoms with Crippen molar-refractivity contribution in [2.75, 3.05) is 11.0 Å². The fourth-order valence-electron chi connectivity index (χ4n) is 4.94. The van der Waals surface area contributed by atoms with Crippen LogP contribution in [0.25, 0.3) is 11.1 Å². The van der Waals surface area contributed by atoms with Crippen LogP contribution in [0.2, 0.25) is 0 Å². The molecule has 0 bridgehead atoms. The molecule has 0 aromatic heterocycles. The van der Waals surface area contributed by atoms with Crippen LogP contribution in [0, 0.1) is 0 Å². The maximum atomic E-state index is 11.7. The number of hydrogen-bond donors (Lipinski definition) is 1. The van der Waals surface area contributed by atoms with Gasteiger partial charge in [-0.1, -0.05) is 84.9 Å². The van der Waals surface area contributed by atoms with Gasteiger partial charge in [-0.2, -0.15) is 0 Å². The van der Waals surface area contributed by atoms with Gasteiger partial charge in [0.05, 0.1) is 6.26 Å². The normalized spacial score (nSPS) is 15.2. The van der Waals surface area contributed by atoms with Gasteiger partial charge < -0.3 is 0 Å². The molecule has 0 fully saturated rings. The zero-order chi connectivity index (χ0) is 22.8. The number of benzene rings is 4. The molecule has 4 heteroatoms. The summed E-state index contributed by atoms with van der Waals surface area (Å²) in [5, 5.41) is 0. The summed E-state index contributed by atoms with van der Waals surface area (Å²) in [6.45, 7) is 0. The summed E-state index contributed by atoms with van der Waals surface area (Å²) < 4.78 is 26.0. The highest BCUT2D eigenvalue weighted by atomic mass is 32.2. The van der Waals surface area contributed by atoms with E-state index in [2.05, 4.69) is 77.5 Å². The Kier molecular flexibility index (Phi) is 5.77. The van der Waals surface area contributed by atoms with Crippen LogP contribution in [-0.4, -0.2) is 14.7 Å². The van der Waals surface area contributed by atoms with E-state index >= 15 is 0 Å². The fourth-order valence-corrected chi connectivity index (χ4v) is 5.50. The highest BCUT2D eigenvalue weighted by Gasteiger charge is 2.24. The molecule has 1 aliphatic carbocycles. The molecular weight excluding hydrogens is 426 g/mol. The van der Waals surface area contributed by atoms with Crippen LogP contribution in [0.4, 0.5) is 5.69 Å². The predicted molar refractivity (Wildman–Crippen MR) is 136 cm³/mol. The number of sulfonamides is 1. The van der Waals surface area contributed by atoms with Crippen LogP contribution in [0.1, 0.15) is 33.7 Å². The third kappa shape index (κ3) is 4.86. The van der Waals surface area contributed by atoms with E-state index in [1.165, 1.54) is 39.6 Å². The molecule has 1 atom stereocenters. The maximum Gasteiger partial charge on any atom is 0.229 e. The van der Waals surface area contributed by atoms with Gasteiger partial charge in [-0.05, 0) is 70.3 Å². The molecule has 33 heavy (non-hydrogen) atoms. The summed E-state index contributed by atoms with van der Waals surface area (Å²) in [6.07, 6.45) is 4.03. The highest BCUT2D eigenvalue weighted by Crippen LogP contribution is 2.38. The summed E-state index contributed by atoms with van der Waals surface area (Å²) in [5.74, 6) is 0.219. The largest absolute Gasteiger partial charge is 0.284 e. The first-order valence-corrected chi connectivity index (χ1v) is 13.2. The van der Waals surface area contributed by atoms with Crippen molar-refractivity contribution in [1.82, 2.24) is 0 Å². The summed E-state index contributed by atoms with van der Waals surface area (Å²) in [6, 6.07) is 33.9. The van der Waals surface area contributed by atoms with E-state index in [9.17, 15) is 8.42 Å². The molecular formula is C29H27NO2S. The predicted octanol–water partition coefficient (Wildman–Crippen LogP) is 6.20. The van der Waals surface area contributed by atoms with Gasteiger partial charge in [-0.15, -0.1) is 0 Å². The molecule has 0 aliphatic heterocycles. The molecule has 0 radical (unpaired) electrons. The third-order valence-corrected chi connectivity index (χ3v) is 7.00. The molecule has 1 N–H and O–H groups in total. The van der Waals surface area contributed by atoms with E-state index < -0.39 is 10.0 Å². The standard InChI is InChI=1S/C29H27NO2S/c1-33(31,32)30-26-12-7-8-21(18-26)19-29-27-13-6-5-11-23(27)14-15-25-20-24(16-17-28(25)29)22-9-3-2-4-10-22/h2-13,16-18,20,29-30H,14-15,19H2,1H3/t29-/m1/s1. The second-order valence-corrected chi connectivity index (χ2v) is 10.6. The van der Waals surface area contributed by atoms with Crippen molar-refractivity contribution in [3.05, 3.63) is 125 Å². The van der Waals surface area contributed by atoms with Gasteiger partial charge in [0.15, 0.2) is 0 Å². The first kappa shape index (κ1) is 21.5. The van der Waals surface area contributed by atoms with Crippen LogP contribution in [-0.2, 0) is 29.3 Å². The quantitative estimate of drug-likeness (QED) is 0.391. The zero-order valence-electron chi connectivity index (χ0n) is 18.7. The van der Waals surface area contributed by atoms with Crippen molar-refractivity contribution in [1.29, 1.82) is 0 Å².